The van der Waals surface area contributed by atoms with E-state index in [0.717, 1.165) is 11.4 Å². The Hall–Kier alpha value is -2.11. The molecule has 1 aromatic rings. The first kappa shape index (κ1) is 17.2. The first-order chi connectivity index (χ1) is 10.7. The van der Waals surface area contributed by atoms with Crippen LogP contribution in [0.3, 0.4) is 0 Å². The number of nitrogens with one attached hydrogen (secondary N) is 2. The number of pyridine rings is 1. The predicted octanol–water partition coefficient (Wildman–Crippen LogP) is 1.17. The van der Waals surface area contributed by atoms with Crippen molar-refractivity contribution in [3.8, 4) is 0 Å². The monoisotopic (exact) mass is 318 g/mol. The van der Waals surface area contributed by atoms with Gasteiger partial charge in [-0.2, -0.15) is 0 Å². The van der Waals surface area contributed by atoms with Crippen molar-refractivity contribution in [3.05, 3.63) is 23.9 Å². The topological polar surface area (TPSA) is 74.3 Å². The third-order valence-corrected chi connectivity index (χ3v) is 4.31. The van der Waals surface area contributed by atoms with E-state index < -0.39 is 5.92 Å². The molecule has 2 heterocycles. The summed E-state index contributed by atoms with van der Waals surface area (Å²) in [6.45, 7) is 7.13. The third-order valence-electron chi connectivity index (χ3n) is 4.31. The average molecular weight is 318 g/mol. The number of carbonyl (C=O) groups is 2. The number of hydrogen-bond donors (Lipinski definition) is 2. The van der Waals surface area contributed by atoms with Crippen LogP contribution in [0.25, 0.3) is 0 Å². The minimum absolute atomic E-state index is 0.00442. The Morgan fingerprint density at radius 1 is 1.43 bits per heavy atom. The molecule has 126 valence electrons. The van der Waals surface area contributed by atoms with Gasteiger partial charge in [0.25, 0.3) is 0 Å². The summed E-state index contributed by atoms with van der Waals surface area (Å²) in [4.78, 5) is 30.7. The van der Waals surface area contributed by atoms with Gasteiger partial charge in [0.2, 0.25) is 11.8 Å². The molecule has 23 heavy (non-hydrogen) atoms. The normalized spacial score (nSPS) is 21.0. The highest BCUT2D eigenvalue weighted by Crippen LogP contribution is 2.35. The van der Waals surface area contributed by atoms with E-state index in [1.54, 1.807) is 6.20 Å². The number of carbonyl (C=O) groups excluding carboxylic acids is 2. The maximum absolute atomic E-state index is 12.5. The molecular weight excluding hydrogens is 292 g/mol. The van der Waals surface area contributed by atoms with Crippen LogP contribution in [0.1, 0.15) is 26.3 Å². The summed E-state index contributed by atoms with van der Waals surface area (Å²) in [5.74, 6) is -0.160. The fourth-order valence-corrected chi connectivity index (χ4v) is 2.84. The fraction of sp³-hybridized carbons (Fsp3) is 0.588. The average Bonchev–Trinajstić information content (AvgIpc) is 2.87. The quantitative estimate of drug-likeness (QED) is 0.817. The maximum Gasteiger partial charge on any atom is 0.233 e. The molecule has 1 fully saturated rings. The first-order valence-electron chi connectivity index (χ1n) is 7.88. The molecule has 0 aliphatic carbocycles. The van der Waals surface area contributed by atoms with Crippen molar-refractivity contribution in [1.82, 2.24) is 15.6 Å². The number of aromatic nitrogens is 1. The Balaban J connectivity index is 2.04. The third kappa shape index (κ3) is 4.00. The van der Waals surface area contributed by atoms with Crippen molar-refractivity contribution in [1.29, 1.82) is 0 Å². The SMILES string of the molecule is CN(C)c1cc(CNC(=O)[C@@H]2C(=O)NC[C@@H]2C(C)(C)C)ccn1. The molecule has 2 N–H and O–H groups in total. The molecular formula is C17H26N4O2. The molecule has 2 amide bonds. The highest BCUT2D eigenvalue weighted by molar-refractivity contribution is 6.02. The minimum atomic E-state index is -0.620. The smallest absolute Gasteiger partial charge is 0.233 e. The van der Waals surface area contributed by atoms with Gasteiger partial charge in [0.05, 0.1) is 0 Å². The van der Waals surface area contributed by atoms with E-state index in [2.05, 4.69) is 36.4 Å². The lowest BCUT2D eigenvalue weighted by Gasteiger charge is -2.29. The lowest BCUT2D eigenvalue weighted by Crippen LogP contribution is -2.40. The van der Waals surface area contributed by atoms with E-state index in [4.69, 9.17) is 0 Å². The van der Waals surface area contributed by atoms with E-state index in [9.17, 15) is 9.59 Å². The van der Waals surface area contributed by atoms with Crippen LogP contribution in [-0.2, 0) is 16.1 Å². The zero-order valence-electron chi connectivity index (χ0n) is 14.5. The van der Waals surface area contributed by atoms with E-state index >= 15 is 0 Å². The lowest BCUT2D eigenvalue weighted by atomic mass is 9.74. The van der Waals surface area contributed by atoms with Gasteiger partial charge >= 0.3 is 0 Å². The van der Waals surface area contributed by atoms with Crippen LogP contribution in [0.15, 0.2) is 18.3 Å². The second-order valence-corrected chi connectivity index (χ2v) is 7.33. The molecule has 0 unspecified atom stereocenters. The van der Waals surface area contributed by atoms with Crippen LogP contribution >= 0.6 is 0 Å². The summed E-state index contributed by atoms with van der Waals surface area (Å²) in [5, 5.41) is 5.71. The van der Waals surface area contributed by atoms with Crippen LogP contribution in [0.2, 0.25) is 0 Å². The van der Waals surface area contributed by atoms with Crippen molar-refractivity contribution < 1.29 is 9.59 Å². The molecule has 0 spiro atoms. The standard InChI is InChI=1S/C17H26N4O2/c1-17(2,3)12-10-20-16(23)14(12)15(22)19-9-11-6-7-18-13(8-11)21(4)5/h6-8,12,14H,9-10H2,1-5H3,(H,19,22)(H,20,23)/t12-,14+/m0/s1. The zero-order valence-corrected chi connectivity index (χ0v) is 14.5. The fourth-order valence-electron chi connectivity index (χ4n) is 2.84. The number of nitrogens with zero attached hydrogens (tertiary/aromatic N) is 2. The summed E-state index contributed by atoms with van der Waals surface area (Å²) in [5.41, 5.74) is 0.860. The highest BCUT2D eigenvalue weighted by Gasteiger charge is 2.45. The van der Waals surface area contributed by atoms with Crippen LogP contribution in [0.4, 0.5) is 5.82 Å². The van der Waals surface area contributed by atoms with E-state index in [1.165, 1.54) is 0 Å². The van der Waals surface area contributed by atoms with Gasteiger partial charge in [-0.15, -0.1) is 0 Å². The van der Waals surface area contributed by atoms with Crippen LogP contribution in [-0.4, -0.2) is 37.4 Å². The molecule has 6 heteroatoms. The molecule has 1 saturated heterocycles. The number of amides is 2. The Morgan fingerprint density at radius 2 is 2.13 bits per heavy atom. The van der Waals surface area contributed by atoms with Crippen LogP contribution < -0.4 is 15.5 Å². The van der Waals surface area contributed by atoms with Gasteiger partial charge in [-0.1, -0.05) is 20.8 Å². The molecule has 0 bridgehead atoms. The Bertz CT molecular complexity index is 593. The molecule has 0 radical (unpaired) electrons. The number of anilines is 1. The van der Waals surface area contributed by atoms with Crippen molar-refractivity contribution in [2.24, 2.45) is 17.3 Å². The largest absolute Gasteiger partial charge is 0.363 e. The van der Waals surface area contributed by atoms with Gasteiger partial charge in [-0.05, 0) is 23.1 Å². The highest BCUT2D eigenvalue weighted by atomic mass is 16.2. The summed E-state index contributed by atoms with van der Waals surface area (Å²) >= 11 is 0. The molecule has 1 aliphatic rings. The molecule has 1 aromatic heterocycles. The minimum Gasteiger partial charge on any atom is -0.363 e. The van der Waals surface area contributed by atoms with E-state index in [0.29, 0.717) is 13.1 Å². The van der Waals surface area contributed by atoms with E-state index in [-0.39, 0.29) is 23.1 Å². The maximum atomic E-state index is 12.5. The molecule has 6 nitrogen and oxygen atoms in total. The zero-order chi connectivity index (χ0) is 17.2. The van der Waals surface area contributed by atoms with E-state index in [1.807, 2.05) is 31.1 Å². The molecule has 0 aromatic carbocycles. The van der Waals surface area contributed by atoms with Gasteiger partial charge < -0.3 is 15.5 Å². The van der Waals surface area contributed by atoms with Gasteiger partial charge in [-0.3, -0.25) is 9.59 Å². The van der Waals surface area contributed by atoms with Crippen LogP contribution in [0.5, 0.6) is 0 Å². The van der Waals surface area contributed by atoms with Crippen LogP contribution in [0, 0.1) is 17.3 Å². The van der Waals surface area contributed by atoms with Crippen molar-refractivity contribution in [2.45, 2.75) is 27.3 Å². The Kier molecular flexibility index (Phi) is 4.92. The van der Waals surface area contributed by atoms with Crippen molar-refractivity contribution >= 4 is 17.6 Å². The van der Waals surface area contributed by atoms with Crippen molar-refractivity contribution in [2.75, 3.05) is 25.5 Å². The number of hydrogen-bond acceptors (Lipinski definition) is 4. The predicted molar refractivity (Wildman–Crippen MR) is 89.9 cm³/mol. The molecule has 1 aliphatic heterocycles. The second-order valence-electron chi connectivity index (χ2n) is 7.33. The molecule has 2 atom stereocenters. The summed E-state index contributed by atoms with van der Waals surface area (Å²) in [6, 6.07) is 3.79. The van der Waals surface area contributed by atoms with Gasteiger partial charge in [0.1, 0.15) is 11.7 Å². The molecule has 2 rings (SSSR count). The molecule has 0 saturated carbocycles. The summed E-state index contributed by atoms with van der Waals surface area (Å²) in [7, 11) is 3.84. The summed E-state index contributed by atoms with van der Waals surface area (Å²) in [6.07, 6.45) is 1.72. The van der Waals surface area contributed by atoms with Gasteiger partial charge in [-0.25, -0.2) is 4.98 Å². The second kappa shape index (κ2) is 6.56. The first-order valence-corrected chi connectivity index (χ1v) is 7.88. The van der Waals surface area contributed by atoms with Crippen molar-refractivity contribution in [3.63, 3.8) is 0 Å². The number of rotatable bonds is 4. The van der Waals surface area contributed by atoms with Gasteiger partial charge in [0, 0.05) is 39.3 Å². The Labute approximate surface area is 137 Å². The lowest BCUT2D eigenvalue weighted by molar-refractivity contribution is -0.135. The Morgan fingerprint density at radius 3 is 2.74 bits per heavy atom. The summed E-state index contributed by atoms with van der Waals surface area (Å²) < 4.78 is 0. The van der Waals surface area contributed by atoms with Gasteiger partial charge in [0.15, 0.2) is 0 Å².